The Labute approximate surface area is 239 Å². The number of methoxy groups -OCH3 is 1. The van der Waals surface area contributed by atoms with Gasteiger partial charge in [-0.05, 0) is 32.3 Å². The van der Waals surface area contributed by atoms with E-state index in [-0.39, 0.29) is 17.6 Å². The van der Waals surface area contributed by atoms with Crippen molar-refractivity contribution in [3.63, 3.8) is 0 Å². The number of carbonyl (C=O) groups is 1. The van der Waals surface area contributed by atoms with E-state index >= 15 is 0 Å². The van der Waals surface area contributed by atoms with Gasteiger partial charge in [0.25, 0.3) is 0 Å². The number of pyridine rings is 1. The molecule has 12 heteroatoms. The summed E-state index contributed by atoms with van der Waals surface area (Å²) >= 11 is 0. The Hall–Kier alpha value is -4.42. The summed E-state index contributed by atoms with van der Waals surface area (Å²) in [5.41, 5.74) is 10.7. The molecular weight excluding hydrogens is 524 g/mol. The number of nitrogens with one attached hydrogen (secondary N) is 1. The molecule has 1 fully saturated rings. The van der Waals surface area contributed by atoms with Crippen LogP contribution < -0.4 is 20.7 Å². The minimum atomic E-state index is -0.505. The predicted octanol–water partition coefficient (Wildman–Crippen LogP) is 3.31. The summed E-state index contributed by atoms with van der Waals surface area (Å²) < 4.78 is 18.7. The molecule has 1 atom stereocenters. The molecule has 41 heavy (non-hydrogen) atoms. The summed E-state index contributed by atoms with van der Waals surface area (Å²) in [5, 5.41) is 4.09. The Bertz CT molecular complexity index is 1550. The van der Waals surface area contributed by atoms with E-state index in [1.54, 1.807) is 19.4 Å². The minimum absolute atomic E-state index is 0.253. The molecule has 4 aromatic rings. The normalized spacial score (nSPS) is 14.9. The number of hydrogen-bond donors (Lipinski definition) is 2. The number of nitrogens with two attached hydrogens (primary N) is 1. The van der Waals surface area contributed by atoms with Crippen LogP contribution in [0.4, 0.5) is 23.0 Å². The summed E-state index contributed by atoms with van der Waals surface area (Å²) in [4.78, 5) is 31.3. The first-order valence-electron chi connectivity index (χ1n) is 13.4. The topological polar surface area (TPSA) is 133 Å². The van der Waals surface area contributed by atoms with Crippen molar-refractivity contribution in [1.82, 2.24) is 24.4 Å². The predicted molar refractivity (Wildman–Crippen MR) is 159 cm³/mol. The second-order valence-corrected chi connectivity index (χ2v) is 10.3. The third-order valence-electron chi connectivity index (χ3n) is 7.05. The average Bonchev–Trinajstić information content (AvgIpc) is 3.59. The Morgan fingerprint density at radius 1 is 1.24 bits per heavy atom. The van der Waals surface area contributed by atoms with Crippen LogP contribution in [0, 0.1) is 0 Å². The highest BCUT2D eigenvalue weighted by atomic mass is 16.6. The number of anilines is 4. The van der Waals surface area contributed by atoms with Crippen LogP contribution in [-0.4, -0.2) is 91.0 Å². The maximum atomic E-state index is 13.3. The first kappa shape index (κ1) is 28.1. The lowest BCUT2D eigenvalue weighted by atomic mass is 10.1. The van der Waals surface area contributed by atoms with E-state index in [2.05, 4.69) is 25.1 Å². The zero-order valence-corrected chi connectivity index (χ0v) is 24.0. The monoisotopic (exact) mass is 560 g/mol. The highest BCUT2D eigenvalue weighted by Gasteiger charge is 2.26. The number of esters is 1. The van der Waals surface area contributed by atoms with Crippen LogP contribution in [0.15, 0.2) is 42.9 Å². The van der Waals surface area contributed by atoms with Crippen LogP contribution in [-0.2, 0) is 16.5 Å². The smallest absolute Gasteiger partial charge is 0.342 e. The van der Waals surface area contributed by atoms with Gasteiger partial charge in [0.2, 0.25) is 5.95 Å². The van der Waals surface area contributed by atoms with Gasteiger partial charge in [-0.25, -0.2) is 19.7 Å². The number of hydrogen-bond acceptors (Lipinski definition) is 11. The maximum Gasteiger partial charge on any atom is 0.342 e. The fourth-order valence-corrected chi connectivity index (χ4v) is 4.79. The molecule has 216 valence electrons. The Morgan fingerprint density at radius 2 is 2.07 bits per heavy atom. The van der Waals surface area contributed by atoms with Crippen LogP contribution in [0.5, 0.6) is 5.75 Å². The quantitative estimate of drug-likeness (QED) is 0.219. The highest BCUT2D eigenvalue weighted by Crippen LogP contribution is 2.37. The lowest BCUT2D eigenvalue weighted by molar-refractivity contribution is 0.0271. The summed E-state index contributed by atoms with van der Waals surface area (Å²) in [6.07, 6.45) is 5.46. The van der Waals surface area contributed by atoms with Gasteiger partial charge in [-0.15, -0.1) is 0 Å². The fraction of sp³-hybridized carbons (Fsp3) is 0.379. The largest absolute Gasteiger partial charge is 0.494 e. The Morgan fingerprint density at radius 3 is 2.80 bits per heavy atom. The number of carbonyl (C=O) groups excluding carboxylic acids is 1. The fourth-order valence-electron chi connectivity index (χ4n) is 4.79. The lowest BCUT2D eigenvalue weighted by Gasteiger charge is -2.24. The third kappa shape index (κ3) is 6.03. The van der Waals surface area contributed by atoms with Gasteiger partial charge in [0, 0.05) is 69.2 Å². The van der Waals surface area contributed by atoms with Crippen LogP contribution in [0.3, 0.4) is 0 Å². The van der Waals surface area contributed by atoms with Crippen LogP contribution in [0.1, 0.15) is 16.8 Å². The third-order valence-corrected chi connectivity index (χ3v) is 7.05. The van der Waals surface area contributed by atoms with Crippen molar-refractivity contribution in [3.8, 4) is 17.0 Å². The molecule has 0 amide bonds. The molecule has 5 rings (SSSR count). The van der Waals surface area contributed by atoms with Gasteiger partial charge >= 0.3 is 5.97 Å². The summed E-state index contributed by atoms with van der Waals surface area (Å²) in [7, 11) is 9.55. The number of aryl methyl sites for hydroxylation is 1. The average molecular weight is 561 g/mol. The number of ether oxygens (including phenoxy) is 3. The first-order chi connectivity index (χ1) is 19.7. The number of nitrogen functional groups attached to an aromatic ring is 1. The van der Waals surface area contributed by atoms with Gasteiger partial charge in [-0.2, -0.15) is 0 Å². The SMILES string of the molecule is COc1cc(N(C)CCN(C)C)c(N)cc1Nc1ncc(C(=O)O[C@@H]2CCOC2)c(-c2cn(C)c3ncccc23)n1. The second-order valence-electron chi connectivity index (χ2n) is 10.3. The van der Waals surface area contributed by atoms with E-state index in [9.17, 15) is 4.79 Å². The van der Waals surface area contributed by atoms with Crippen molar-refractivity contribution in [2.75, 3.05) is 70.5 Å². The number of rotatable bonds is 10. The highest BCUT2D eigenvalue weighted by molar-refractivity contribution is 6.02. The van der Waals surface area contributed by atoms with E-state index in [1.165, 1.54) is 6.20 Å². The molecule has 0 aliphatic carbocycles. The van der Waals surface area contributed by atoms with Crippen LogP contribution in [0.2, 0.25) is 0 Å². The van der Waals surface area contributed by atoms with E-state index in [1.807, 2.05) is 57.2 Å². The van der Waals surface area contributed by atoms with E-state index in [0.717, 1.165) is 35.4 Å². The molecule has 0 bridgehead atoms. The molecule has 3 N–H and O–H groups in total. The molecule has 1 aliphatic rings. The lowest BCUT2D eigenvalue weighted by Crippen LogP contribution is -2.29. The molecule has 4 heterocycles. The Kier molecular flexibility index (Phi) is 8.22. The number of likely N-dealkylation sites (N-methyl/N-ethyl adjacent to an activating group) is 2. The molecular formula is C29H36N8O4. The molecule has 0 spiro atoms. The molecule has 1 aliphatic heterocycles. The molecule has 12 nitrogen and oxygen atoms in total. The molecule has 1 aromatic carbocycles. The van der Waals surface area contributed by atoms with Crippen molar-refractivity contribution in [2.45, 2.75) is 12.5 Å². The molecule has 0 unspecified atom stereocenters. The van der Waals surface area contributed by atoms with Crippen LogP contribution >= 0.6 is 0 Å². The van der Waals surface area contributed by atoms with Gasteiger partial charge in [0.15, 0.2) is 0 Å². The maximum absolute atomic E-state index is 13.3. The zero-order chi connectivity index (χ0) is 29.1. The summed E-state index contributed by atoms with van der Waals surface area (Å²) in [5.74, 6) is 0.345. The summed E-state index contributed by atoms with van der Waals surface area (Å²) in [6.45, 7) is 2.61. The minimum Gasteiger partial charge on any atom is -0.494 e. The van der Waals surface area contributed by atoms with Crippen molar-refractivity contribution >= 4 is 40.0 Å². The first-order valence-corrected chi connectivity index (χ1v) is 13.4. The number of benzene rings is 1. The van der Waals surface area contributed by atoms with E-state index in [0.29, 0.717) is 42.5 Å². The van der Waals surface area contributed by atoms with Crippen molar-refractivity contribution in [1.29, 1.82) is 0 Å². The standard InChI is InChI=1S/C29H36N8O4/c1-35(2)10-11-36(3)24-14-25(39-5)23(13-22(24)30)33-29-32-15-20(28(38)41-18-8-12-40-17-18)26(34-29)21-16-37(4)27-19(21)7-6-9-31-27/h6-7,9,13-16,18H,8,10-12,17,30H2,1-5H3,(H,32,33,34)/t18-/m1/s1. The number of aromatic nitrogens is 4. The van der Waals surface area contributed by atoms with Gasteiger partial charge in [0.1, 0.15) is 23.1 Å². The van der Waals surface area contributed by atoms with Crippen molar-refractivity contribution in [3.05, 3.63) is 48.4 Å². The van der Waals surface area contributed by atoms with Gasteiger partial charge in [0.05, 0.1) is 43.1 Å². The zero-order valence-electron chi connectivity index (χ0n) is 24.0. The second kappa shape index (κ2) is 12.0. The molecule has 3 aromatic heterocycles. The van der Waals surface area contributed by atoms with Gasteiger partial charge < -0.3 is 39.6 Å². The summed E-state index contributed by atoms with van der Waals surface area (Å²) in [6, 6.07) is 7.49. The van der Waals surface area contributed by atoms with Crippen molar-refractivity contribution < 1.29 is 19.0 Å². The van der Waals surface area contributed by atoms with Gasteiger partial charge in [-0.1, -0.05) is 0 Å². The molecule has 0 saturated carbocycles. The molecule has 1 saturated heterocycles. The van der Waals surface area contributed by atoms with Crippen LogP contribution in [0.25, 0.3) is 22.3 Å². The molecule has 0 radical (unpaired) electrons. The van der Waals surface area contributed by atoms with Gasteiger partial charge in [-0.3, -0.25) is 0 Å². The van der Waals surface area contributed by atoms with E-state index in [4.69, 9.17) is 24.9 Å². The van der Waals surface area contributed by atoms with E-state index < -0.39 is 5.97 Å². The van der Waals surface area contributed by atoms with Crippen molar-refractivity contribution in [2.24, 2.45) is 7.05 Å². The number of fused-ring (bicyclic) bond motifs is 1. The number of nitrogens with zero attached hydrogens (tertiary/aromatic N) is 6. The Balaban J connectivity index is 1.52.